The third-order valence-corrected chi connectivity index (χ3v) is 4.31. The van der Waals surface area contributed by atoms with E-state index in [1.807, 2.05) is 12.3 Å². The maximum atomic E-state index is 12.0. The van der Waals surface area contributed by atoms with Gasteiger partial charge in [0.05, 0.1) is 18.4 Å². The number of carbonyl (C=O) groups is 1. The Hall–Kier alpha value is -1.38. The van der Waals surface area contributed by atoms with Gasteiger partial charge in [0.15, 0.2) is 0 Å². The maximum Gasteiger partial charge on any atom is 0.339 e. The molecule has 2 heterocycles. The van der Waals surface area contributed by atoms with Crippen LogP contribution < -0.4 is 0 Å². The van der Waals surface area contributed by atoms with Crippen molar-refractivity contribution in [1.29, 1.82) is 0 Å². The van der Waals surface area contributed by atoms with Gasteiger partial charge in [0.2, 0.25) is 0 Å². The number of hydrogen-bond donors (Lipinski definition) is 0. The molecule has 116 valence electrons. The van der Waals surface area contributed by atoms with Gasteiger partial charge in [-0.05, 0) is 37.3 Å². The van der Waals surface area contributed by atoms with Gasteiger partial charge in [-0.25, -0.2) is 4.79 Å². The summed E-state index contributed by atoms with van der Waals surface area (Å²) >= 11 is 0. The lowest BCUT2D eigenvalue weighted by molar-refractivity contribution is 0.0598. The standard InChI is InChI=1S/C18H27NO2/c1-21-18(20)16-13-15-11-9-7-5-3-2-4-6-8-10-12-17(16)19-14-15/h13-14H,2-12H2,1H3. The summed E-state index contributed by atoms with van der Waals surface area (Å²) < 4.78 is 4.92. The number of esters is 1. The summed E-state index contributed by atoms with van der Waals surface area (Å²) in [5, 5.41) is 0. The van der Waals surface area contributed by atoms with E-state index in [0.29, 0.717) is 5.56 Å². The first kappa shape index (κ1) is 16.0. The molecule has 1 aliphatic carbocycles. The average molecular weight is 289 g/mol. The van der Waals surface area contributed by atoms with Crippen LogP contribution in [-0.2, 0) is 17.6 Å². The largest absolute Gasteiger partial charge is 0.465 e. The molecule has 2 aliphatic rings. The summed E-state index contributed by atoms with van der Waals surface area (Å²) in [6.07, 6.45) is 15.3. The number of ether oxygens (including phenoxy) is 1. The molecule has 2 bridgehead atoms. The molecule has 1 aromatic rings. The van der Waals surface area contributed by atoms with Gasteiger partial charge >= 0.3 is 5.97 Å². The Balaban J connectivity index is 2.12. The van der Waals surface area contributed by atoms with E-state index in [9.17, 15) is 4.79 Å². The van der Waals surface area contributed by atoms with Crippen molar-refractivity contribution in [2.45, 2.75) is 70.6 Å². The molecule has 1 aliphatic heterocycles. The molecule has 3 rings (SSSR count). The van der Waals surface area contributed by atoms with E-state index in [1.165, 1.54) is 58.5 Å². The molecular formula is C18H27NO2. The fourth-order valence-electron chi connectivity index (χ4n) is 3.02. The zero-order valence-corrected chi connectivity index (χ0v) is 13.2. The van der Waals surface area contributed by atoms with Gasteiger partial charge in [-0.2, -0.15) is 0 Å². The third-order valence-electron chi connectivity index (χ3n) is 4.31. The van der Waals surface area contributed by atoms with E-state index in [2.05, 4.69) is 4.98 Å². The van der Waals surface area contributed by atoms with Crippen LogP contribution in [0.25, 0.3) is 0 Å². The zero-order chi connectivity index (χ0) is 14.9. The highest BCUT2D eigenvalue weighted by atomic mass is 16.5. The Morgan fingerprint density at radius 3 is 2.14 bits per heavy atom. The minimum absolute atomic E-state index is 0.247. The van der Waals surface area contributed by atoms with Crippen LogP contribution in [0.4, 0.5) is 0 Å². The Morgan fingerprint density at radius 1 is 0.952 bits per heavy atom. The van der Waals surface area contributed by atoms with E-state index in [1.54, 1.807) is 0 Å². The van der Waals surface area contributed by atoms with Crippen molar-refractivity contribution in [3.8, 4) is 0 Å². The Morgan fingerprint density at radius 2 is 1.52 bits per heavy atom. The van der Waals surface area contributed by atoms with E-state index >= 15 is 0 Å². The van der Waals surface area contributed by atoms with Crippen LogP contribution in [0, 0.1) is 0 Å². The van der Waals surface area contributed by atoms with Gasteiger partial charge in [-0.1, -0.05) is 44.9 Å². The SMILES string of the molecule is COC(=O)c1cc2cnc1CCCCCCCCCCC2. The maximum absolute atomic E-state index is 12.0. The van der Waals surface area contributed by atoms with Crippen LogP contribution in [0.1, 0.15) is 79.4 Å². The molecule has 0 radical (unpaired) electrons. The highest BCUT2D eigenvalue weighted by Crippen LogP contribution is 2.18. The fourth-order valence-corrected chi connectivity index (χ4v) is 3.02. The van der Waals surface area contributed by atoms with Crippen molar-refractivity contribution in [3.63, 3.8) is 0 Å². The number of hydrogen-bond acceptors (Lipinski definition) is 3. The van der Waals surface area contributed by atoms with Crippen LogP contribution >= 0.6 is 0 Å². The smallest absolute Gasteiger partial charge is 0.339 e. The van der Waals surface area contributed by atoms with Crippen LogP contribution in [0.2, 0.25) is 0 Å². The molecule has 0 fully saturated rings. The zero-order valence-electron chi connectivity index (χ0n) is 13.2. The monoisotopic (exact) mass is 289 g/mol. The van der Waals surface area contributed by atoms with Crippen LogP contribution in [0.3, 0.4) is 0 Å². The molecule has 0 N–H and O–H groups in total. The number of methoxy groups -OCH3 is 1. The normalized spacial score (nSPS) is 17.8. The second-order valence-corrected chi connectivity index (χ2v) is 6.01. The second-order valence-electron chi connectivity index (χ2n) is 6.01. The predicted molar refractivity (Wildman–Crippen MR) is 84.5 cm³/mol. The molecule has 21 heavy (non-hydrogen) atoms. The molecule has 0 amide bonds. The topological polar surface area (TPSA) is 39.2 Å². The number of fused-ring (bicyclic) bond motifs is 12. The highest BCUT2D eigenvalue weighted by molar-refractivity contribution is 5.90. The summed E-state index contributed by atoms with van der Waals surface area (Å²) in [4.78, 5) is 16.5. The predicted octanol–water partition coefficient (Wildman–Crippen LogP) is 4.48. The number of aryl methyl sites for hydroxylation is 2. The third kappa shape index (κ3) is 5.14. The summed E-state index contributed by atoms with van der Waals surface area (Å²) in [5.74, 6) is -0.247. The van der Waals surface area contributed by atoms with Gasteiger partial charge in [0.1, 0.15) is 0 Å². The summed E-state index contributed by atoms with van der Waals surface area (Å²) in [7, 11) is 1.45. The van der Waals surface area contributed by atoms with Crippen molar-refractivity contribution in [2.24, 2.45) is 0 Å². The first-order chi connectivity index (χ1) is 10.3. The molecule has 0 saturated carbocycles. The molecular weight excluding hydrogens is 262 g/mol. The van der Waals surface area contributed by atoms with Crippen molar-refractivity contribution in [1.82, 2.24) is 4.98 Å². The Labute approximate surface area is 128 Å². The lowest BCUT2D eigenvalue weighted by atomic mass is 10.0. The number of carbonyl (C=O) groups excluding carboxylic acids is 1. The van der Waals surface area contributed by atoms with Crippen LogP contribution in [0.15, 0.2) is 12.3 Å². The fraction of sp³-hybridized carbons (Fsp3) is 0.667. The van der Waals surface area contributed by atoms with Crippen LogP contribution in [-0.4, -0.2) is 18.1 Å². The van der Waals surface area contributed by atoms with Crippen LogP contribution in [0.5, 0.6) is 0 Å². The number of rotatable bonds is 1. The first-order valence-electron chi connectivity index (χ1n) is 8.37. The number of pyridine rings is 1. The second kappa shape index (κ2) is 8.81. The Kier molecular flexibility index (Phi) is 6.71. The van der Waals surface area contributed by atoms with Gasteiger partial charge in [-0.3, -0.25) is 4.98 Å². The van der Waals surface area contributed by atoms with Gasteiger partial charge < -0.3 is 4.74 Å². The lowest BCUT2D eigenvalue weighted by Crippen LogP contribution is -2.09. The molecule has 3 nitrogen and oxygen atoms in total. The van der Waals surface area contributed by atoms with E-state index in [-0.39, 0.29) is 5.97 Å². The van der Waals surface area contributed by atoms with E-state index in [0.717, 1.165) is 30.5 Å². The van der Waals surface area contributed by atoms with Gasteiger partial charge in [-0.15, -0.1) is 0 Å². The molecule has 3 heteroatoms. The minimum Gasteiger partial charge on any atom is -0.465 e. The summed E-state index contributed by atoms with van der Waals surface area (Å²) in [6, 6.07) is 1.99. The quantitative estimate of drug-likeness (QED) is 0.716. The summed E-state index contributed by atoms with van der Waals surface area (Å²) in [6.45, 7) is 0. The molecule has 0 unspecified atom stereocenters. The van der Waals surface area contributed by atoms with E-state index in [4.69, 9.17) is 4.74 Å². The molecule has 0 saturated heterocycles. The molecule has 1 aromatic heterocycles. The number of nitrogens with zero attached hydrogens (tertiary/aromatic N) is 1. The minimum atomic E-state index is -0.247. The van der Waals surface area contributed by atoms with Crippen molar-refractivity contribution < 1.29 is 9.53 Å². The highest BCUT2D eigenvalue weighted by Gasteiger charge is 2.14. The van der Waals surface area contributed by atoms with Gasteiger partial charge in [0, 0.05) is 6.20 Å². The molecule has 0 aromatic carbocycles. The van der Waals surface area contributed by atoms with Crippen molar-refractivity contribution >= 4 is 5.97 Å². The summed E-state index contributed by atoms with van der Waals surface area (Å²) in [5.41, 5.74) is 2.74. The number of aromatic nitrogens is 1. The van der Waals surface area contributed by atoms with Gasteiger partial charge in [0.25, 0.3) is 0 Å². The van der Waals surface area contributed by atoms with E-state index < -0.39 is 0 Å². The lowest BCUT2D eigenvalue weighted by Gasteiger charge is -2.09. The molecule has 0 atom stereocenters. The molecule has 0 spiro atoms. The van der Waals surface area contributed by atoms with Crippen molar-refractivity contribution in [3.05, 3.63) is 29.1 Å². The first-order valence-corrected chi connectivity index (χ1v) is 8.37. The average Bonchev–Trinajstić information content (AvgIpc) is 2.53. The van der Waals surface area contributed by atoms with Crippen molar-refractivity contribution in [2.75, 3.05) is 7.11 Å². The Bertz CT molecular complexity index is 457.